The average Bonchev–Trinajstić information content (AvgIpc) is 3.36. The van der Waals surface area contributed by atoms with Crippen LogP contribution in [0.2, 0.25) is 0 Å². The molecule has 0 radical (unpaired) electrons. The molecule has 0 atom stereocenters. The van der Waals surface area contributed by atoms with Crippen LogP contribution in [0.15, 0.2) is 29.4 Å². The van der Waals surface area contributed by atoms with Crippen LogP contribution < -0.4 is 14.8 Å². The summed E-state index contributed by atoms with van der Waals surface area (Å²) >= 11 is 2.70. The third-order valence-corrected chi connectivity index (χ3v) is 5.82. The van der Waals surface area contributed by atoms with Gasteiger partial charge in [-0.15, -0.1) is 20.4 Å². The molecule has 2 aromatic heterocycles. The van der Waals surface area contributed by atoms with E-state index in [1.165, 1.54) is 23.1 Å². The largest absolute Gasteiger partial charge is 0.497 e. The standard InChI is InChI=1S/C18H22N6O3S2/c1-4-16-21-22-17(29-16)19-15(25)11-28-18-23-20-14(24(18)5-2)10-27-13-8-6-7-12(9-13)26-3/h6-9H,4-5,10-11H2,1-3H3,(H,19,22,25). The Morgan fingerprint density at radius 3 is 2.76 bits per heavy atom. The van der Waals surface area contributed by atoms with Gasteiger partial charge in [-0.05, 0) is 25.5 Å². The SMILES string of the molecule is CCc1nnc(NC(=O)CSc2nnc(COc3cccc(OC)c3)n2CC)s1. The van der Waals surface area contributed by atoms with E-state index in [0.29, 0.717) is 28.4 Å². The minimum absolute atomic E-state index is 0.159. The molecule has 2 heterocycles. The van der Waals surface area contributed by atoms with Crippen molar-refractivity contribution in [1.29, 1.82) is 0 Å². The first-order valence-electron chi connectivity index (χ1n) is 9.06. The number of carbonyl (C=O) groups is 1. The van der Waals surface area contributed by atoms with E-state index < -0.39 is 0 Å². The van der Waals surface area contributed by atoms with Crippen molar-refractivity contribution >= 4 is 34.1 Å². The van der Waals surface area contributed by atoms with Crippen LogP contribution in [0.5, 0.6) is 11.5 Å². The second kappa shape index (κ2) is 10.2. The smallest absolute Gasteiger partial charge is 0.236 e. The molecule has 1 aromatic carbocycles. The van der Waals surface area contributed by atoms with E-state index in [1.54, 1.807) is 7.11 Å². The topological polar surface area (TPSA) is 104 Å². The van der Waals surface area contributed by atoms with E-state index in [2.05, 4.69) is 25.7 Å². The van der Waals surface area contributed by atoms with Crippen LogP contribution in [-0.4, -0.2) is 43.7 Å². The number of aromatic nitrogens is 5. The van der Waals surface area contributed by atoms with Gasteiger partial charge in [0.2, 0.25) is 11.0 Å². The van der Waals surface area contributed by atoms with E-state index in [4.69, 9.17) is 9.47 Å². The van der Waals surface area contributed by atoms with Gasteiger partial charge in [-0.1, -0.05) is 36.1 Å². The van der Waals surface area contributed by atoms with Crippen LogP contribution in [-0.2, 0) is 24.4 Å². The van der Waals surface area contributed by atoms with Gasteiger partial charge in [0, 0.05) is 12.6 Å². The van der Waals surface area contributed by atoms with Gasteiger partial charge in [0.15, 0.2) is 11.0 Å². The highest BCUT2D eigenvalue weighted by molar-refractivity contribution is 7.99. The van der Waals surface area contributed by atoms with Crippen LogP contribution >= 0.6 is 23.1 Å². The Labute approximate surface area is 176 Å². The van der Waals surface area contributed by atoms with Gasteiger partial charge in [-0.25, -0.2) is 0 Å². The van der Waals surface area contributed by atoms with Crippen molar-refractivity contribution in [3.05, 3.63) is 35.1 Å². The number of methoxy groups -OCH3 is 1. The van der Waals surface area contributed by atoms with Crippen LogP contribution in [0, 0.1) is 0 Å². The van der Waals surface area contributed by atoms with Crippen LogP contribution in [0.25, 0.3) is 0 Å². The Kier molecular flexibility index (Phi) is 7.42. The zero-order valence-electron chi connectivity index (χ0n) is 16.4. The Morgan fingerprint density at radius 2 is 2.03 bits per heavy atom. The quantitative estimate of drug-likeness (QED) is 0.486. The Bertz CT molecular complexity index is 959. The molecule has 9 nitrogen and oxygen atoms in total. The monoisotopic (exact) mass is 434 g/mol. The summed E-state index contributed by atoms with van der Waals surface area (Å²) in [5.41, 5.74) is 0. The molecule has 0 saturated heterocycles. The van der Waals surface area contributed by atoms with Crippen molar-refractivity contribution in [1.82, 2.24) is 25.0 Å². The predicted octanol–water partition coefficient (Wildman–Crippen LogP) is 3.03. The molecule has 0 bridgehead atoms. The number of aryl methyl sites for hydroxylation is 1. The number of nitrogens with one attached hydrogen (secondary N) is 1. The number of hydrogen-bond donors (Lipinski definition) is 1. The summed E-state index contributed by atoms with van der Waals surface area (Å²) in [6.07, 6.45) is 0.794. The lowest BCUT2D eigenvalue weighted by Crippen LogP contribution is -2.14. The van der Waals surface area contributed by atoms with Gasteiger partial charge in [0.25, 0.3) is 0 Å². The highest BCUT2D eigenvalue weighted by Gasteiger charge is 2.15. The Morgan fingerprint density at radius 1 is 1.21 bits per heavy atom. The molecule has 1 amide bonds. The van der Waals surface area contributed by atoms with E-state index >= 15 is 0 Å². The maximum Gasteiger partial charge on any atom is 0.236 e. The third-order valence-electron chi connectivity index (χ3n) is 3.87. The number of amides is 1. The molecule has 0 fully saturated rings. The van der Waals surface area contributed by atoms with Crippen molar-refractivity contribution in [3.8, 4) is 11.5 Å². The number of hydrogen-bond acceptors (Lipinski definition) is 9. The molecule has 1 N–H and O–H groups in total. The second-order valence-corrected chi connectivity index (χ2v) is 7.81. The minimum Gasteiger partial charge on any atom is -0.497 e. The van der Waals surface area contributed by atoms with E-state index in [-0.39, 0.29) is 18.3 Å². The summed E-state index contributed by atoms with van der Waals surface area (Å²) in [6, 6.07) is 7.38. The van der Waals surface area contributed by atoms with Crippen LogP contribution in [0.4, 0.5) is 5.13 Å². The zero-order valence-corrected chi connectivity index (χ0v) is 18.0. The fourth-order valence-corrected chi connectivity index (χ4v) is 3.94. The predicted molar refractivity (Wildman–Crippen MR) is 112 cm³/mol. The van der Waals surface area contributed by atoms with E-state index in [9.17, 15) is 4.79 Å². The van der Waals surface area contributed by atoms with E-state index in [0.717, 1.165) is 17.2 Å². The van der Waals surface area contributed by atoms with Gasteiger partial charge in [-0.3, -0.25) is 10.1 Å². The van der Waals surface area contributed by atoms with Crippen molar-refractivity contribution in [3.63, 3.8) is 0 Å². The molecule has 154 valence electrons. The maximum atomic E-state index is 12.2. The minimum atomic E-state index is -0.159. The molecular weight excluding hydrogens is 412 g/mol. The van der Waals surface area contributed by atoms with Crippen LogP contribution in [0.1, 0.15) is 24.7 Å². The van der Waals surface area contributed by atoms with Crippen molar-refractivity contribution in [2.75, 3.05) is 18.2 Å². The molecule has 0 unspecified atom stereocenters. The summed E-state index contributed by atoms with van der Waals surface area (Å²) in [6.45, 7) is 4.93. The maximum absolute atomic E-state index is 12.2. The Balaban J connectivity index is 1.56. The molecule has 0 spiro atoms. The van der Waals surface area contributed by atoms with Gasteiger partial charge in [-0.2, -0.15) is 0 Å². The molecule has 11 heteroatoms. The highest BCUT2D eigenvalue weighted by Crippen LogP contribution is 2.22. The first kappa shape index (κ1) is 21.1. The first-order chi connectivity index (χ1) is 14.1. The molecule has 0 aliphatic rings. The summed E-state index contributed by atoms with van der Waals surface area (Å²) in [7, 11) is 1.61. The number of rotatable bonds is 10. The van der Waals surface area contributed by atoms with Crippen LogP contribution in [0.3, 0.4) is 0 Å². The molecule has 0 aliphatic carbocycles. The second-order valence-electron chi connectivity index (χ2n) is 5.80. The van der Waals surface area contributed by atoms with Crippen molar-refractivity contribution in [2.45, 2.75) is 38.6 Å². The number of carbonyl (C=O) groups excluding carboxylic acids is 1. The molecule has 0 saturated carbocycles. The van der Waals surface area contributed by atoms with Gasteiger partial charge in [0.1, 0.15) is 23.1 Å². The van der Waals surface area contributed by atoms with Crippen molar-refractivity contribution < 1.29 is 14.3 Å². The molecule has 29 heavy (non-hydrogen) atoms. The Hall–Kier alpha value is -2.66. The fourth-order valence-electron chi connectivity index (χ4n) is 2.42. The van der Waals surface area contributed by atoms with Gasteiger partial charge in [0.05, 0.1) is 12.9 Å². The van der Waals surface area contributed by atoms with Gasteiger partial charge >= 0.3 is 0 Å². The summed E-state index contributed by atoms with van der Waals surface area (Å²) in [5.74, 6) is 2.15. The molecule has 3 rings (SSSR count). The fraction of sp³-hybridized carbons (Fsp3) is 0.389. The lowest BCUT2D eigenvalue weighted by Gasteiger charge is -2.09. The van der Waals surface area contributed by atoms with E-state index in [1.807, 2.05) is 42.7 Å². The molecular formula is C18H22N6O3S2. The zero-order chi connectivity index (χ0) is 20.6. The first-order valence-corrected chi connectivity index (χ1v) is 10.9. The summed E-state index contributed by atoms with van der Waals surface area (Å²) in [5, 5.41) is 21.2. The lowest BCUT2D eigenvalue weighted by atomic mass is 10.3. The number of nitrogens with zero attached hydrogens (tertiary/aromatic N) is 5. The number of benzene rings is 1. The lowest BCUT2D eigenvalue weighted by molar-refractivity contribution is -0.113. The number of thioether (sulfide) groups is 1. The summed E-state index contributed by atoms with van der Waals surface area (Å²) < 4.78 is 12.9. The highest BCUT2D eigenvalue weighted by atomic mass is 32.2. The number of ether oxygens (including phenoxy) is 2. The number of anilines is 1. The summed E-state index contributed by atoms with van der Waals surface area (Å²) in [4.78, 5) is 12.2. The van der Waals surface area contributed by atoms with Gasteiger partial charge < -0.3 is 14.0 Å². The molecule has 0 aliphatic heterocycles. The normalized spacial score (nSPS) is 10.7. The average molecular weight is 435 g/mol. The molecule has 3 aromatic rings. The van der Waals surface area contributed by atoms with Crippen molar-refractivity contribution in [2.24, 2.45) is 0 Å². The third kappa shape index (κ3) is 5.67.